The Morgan fingerprint density at radius 1 is 0.919 bits per heavy atom. The smallest absolute Gasteiger partial charge is 0.257 e. The maximum atomic E-state index is 13.0. The Labute approximate surface area is 216 Å². The van der Waals surface area contributed by atoms with Crippen molar-refractivity contribution in [3.8, 4) is 11.4 Å². The lowest BCUT2D eigenvalue weighted by Gasteiger charge is -2.33. The number of carbonyl (C=O) groups excluding carboxylic acids is 1. The van der Waals surface area contributed by atoms with Crippen molar-refractivity contribution in [1.82, 2.24) is 29.8 Å². The minimum atomic E-state index is -0.225. The molecule has 0 aliphatic carbocycles. The Morgan fingerprint density at radius 2 is 1.70 bits per heavy atom. The van der Waals surface area contributed by atoms with Gasteiger partial charge in [-0.15, -0.1) is 0 Å². The van der Waals surface area contributed by atoms with Gasteiger partial charge in [-0.3, -0.25) is 14.8 Å². The van der Waals surface area contributed by atoms with Gasteiger partial charge in [0.25, 0.3) is 5.91 Å². The highest BCUT2D eigenvalue weighted by Gasteiger charge is 2.17. The zero-order chi connectivity index (χ0) is 25.8. The molecule has 1 N–H and O–H groups in total. The molecule has 5 heterocycles. The summed E-state index contributed by atoms with van der Waals surface area (Å²) in [5.41, 5.74) is 1.95. The molecule has 0 unspecified atom stereocenters. The molecular formula is C27H31N9O. The lowest BCUT2D eigenvalue weighted by atomic mass is 10.1. The second kappa shape index (κ2) is 10.8. The molecule has 37 heavy (non-hydrogen) atoms. The minimum Gasteiger partial charge on any atom is -0.356 e. The summed E-state index contributed by atoms with van der Waals surface area (Å²) < 4.78 is 0. The van der Waals surface area contributed by atoms with Crippen LogP contribution in [0.3, 0.4) is 0 Å². The van der Waals surface area contributed by atoms with Crippen LogP contribution in [-0.4, -0.2) is 82.0 Å². The van der Waals surface area contributed by atoms with Crippen molar-refractivity contribution in [2.45, 2.75) is 13.8 Å². The summed E-state index contributed by atoms with van der Waals surface area (Å²) in [5, 5.41) is 4.70. The van der Waals surface area contributed by atoms with Crippen LogP contribution in [0.15, 0.2) is 55.2 Å². The van der Waals surface area contributed by atoms with Gasteiger partial charge in [0.15, 0.2) is 0 Å². The number of fused-ring (bicyclic) bond motifs is 1. The molecule has 0 atom stereocenters. The molecule has 0 aromatic carbocycles. The number of rotatable bonds is 7. The maximum Gasteiger partial charge on any atom is 0.257 e. The van der Waals surface area contributed by atoms with Gasteiger partial charge in [-0.25, -0.2) is 15.0 Å². The Kier molecular flexibility index (Phi) is 7.18. The number of aromatic nitrogens is 5. The molecule has 190 valence electrons. The number of hydrogen-bond acceptors (Lipinski definition) is 9. The van der Waals surface area contributed by atoms with Crippen LogP contribution >= 0.6 is 0 Å². The standard InChI is InChI=1S/C27H31N9O/c1-4-35(5-2)26-18-28-17-23(32-26)22-12-20-13-24(31-16-21(20)15-30-22)33-27(37)19-6-7-29-25(14-19)36-10-8-34(3)9-11-36/h6-7,12-18H,4-5,8-11H2,1-3H3,(H,31,33,37). The predicted molar refractivity (Wildman–Crippen MR) is 146 cm³/mol. The van der Waals surface area contributed by atoms with E-state index in [1.807, 2.05) is 18.2 Å². The van der Waals surface area contributed by atoms with Crippen LogP contribution in [0, 0.1) is 0 Å². The van der Waals surface area contributed by atoms with Crippen LogP contribution in [0.1, 0.15) is 24.2 Å². The van der Waals surface area contributed by atoms with Crippen LogP contribution in [-0.2, 0) is 0 Å². The second-order valence-corrected chi connectivity index (χ2v) is 9.07. The fraction of sp³-hybridized carbons (Fsp3) is 0.333. The minimum absolute atomic E-state index is 0.225. The van der Waals surface area contributed by atoms with Gasteiger partial charge in [-0.1, -0.05) is 0 Å². The molecule has 10 nitrogen and oxygen atoms in total. The third kappa shape index (κ3) is 5.49. The average Bonchev–Trinajstić information content (AvgIpc) is 2.94. The van der Waals surface area contributed by atoms with Gasteiger partial charge in [0.2, 0.25) is 0 Å². The van der Waals surface area contributed by atoms with Crippen LogP contribution in [0.25, 0.3) is 22.2 Å². The van der Waals surface area contributed by atoms with E-state index >= 15 is 0 Å². The van der Waals surface area contributed by atoms with Crippen LogP contribution in [0.4, 0.5) is 17.5 Å². The number of anilines is 3. The zero-order valence-electron chi connectivity index (χ0n) is 21.4. The summed E-state index contributed by atoms with van der Waals surface area (Å²) in [6.07, 6.45) is 8.64. The predicted octanol–water partition coefficient (Wildman–Crippen LogP) is 3.33. The van der Waals surface area contributed by atoms with Gasteiger partial charge < -0.3 is 20.0 Å². The van der Waals surface area contributed by atoms with Crippen molar-refractivity contribution in [2.24, 2.45) is 0 Å². The summed E-state index contributed by atoms with van der Waals surface area (Å²) in [6, 6.07) is 7.36. The Morgan fingerprint density at radius 3 is 2.49 bits per heavy atom. The third-order valence-corrected chi connectivity index (χ3v) is 6.65. The Bertz CT molecular complexity index is 1400. The molecular weight excluding hydrogens is 466 g/mol. The highest BCUT2D eigenvalue weighted by Crippen LogP contribution is 2.24. The van der Waals surface area contributed by atoms with Gasteiger partial charge in [-0.2, -0.15) is 0 Å². The number of pyridine rings is 3. The number of nitrogens with zero attached hydrogens (tertiary/aromatic N) is 8. The lowest BCUT2D eigenvalue weighted by molar-refractivity contribution is 0.102. The number of piperazine rings is 1. The van der Waals surface area contributed by atoms with Crippen molar-refractivity contribution in [3.63, 3.8) is 0 Å². The number of likely N-dealkylation sites (N-methyl/N-ethyl adjacent to an activating group) is 1. The molecule has 0 saturated carbocycles. The zero-order valence-corrected chi connectivity index (χ0v) is 21.4. The Hall–Kier alpha value is -4.18. The first-order valence-corrected chi connectivity index (χ1v) is 12.6. The van der Waals surface area contributed by atoms with E-state index < -0.39 is 0 Å². The maximum absolute atomic E-state index is 13.0. The van der Waals surface area contributed by atoms with Crippen LogP contribution in [0.5, 0.6) is 0 Å². The summed E-state index contributed by atoms with van der Waals surface area (Å²) in [6.45, 7) is 9.61. The molecule has 0 bridgehead atoms. The first-order valence-electron chi connectivity index (χ1n) is 12.6. The molecule has 1 aliphatic rings. The average molecular weight is 498 g/mol. The molecule has 0 radical (unpaired) electrons. The number of carbonyl (C=O) groups is 1. The fourth-order valence-electron chi connectivity index (χ4n) is 4.38. The first-order chi connectivity index (χ1) is 18.0. The topological polar surface area (TPSA) is 103 Å². The summed E-state index contributed by atoms with van der Waals surface area (Å²) in [4.78, 5) is 42.3. The summed E-state index contributed by atoms with van der Waals surface area (Å²) in [7, 11) is 2.11. The van der Waals surface area contributed by atoms with Crippen molar-refractivity contribution < 1.29 is 4.79 Å². The van der Waals surface area contributed by atoms with Crippen molar-refractivity contribution >= 4 is 34.1 Å². The molecule has 5 rings (SSSR count). The van der Waals surface area contributed by atoms with Gasteiger partial charge >= 0.3 is 0 Å². The van der Waals surface area contributed by atoms with Crippen molar-refractivity contribution in [1.29, 1.82) is 0 Å². The van der Waals surface area contributed by atoms with E-state index in [2.05, 4.69) is 60.8 Å². The van der Waals surface area contributed by atoms with E-state index in [4.69, 9.17) is 4.98 Å². The molecule has 4 aromatic rings. The molecule has 0 spiro atoms. The normalized spacial score (nSPS) is 14.1. The molecule has 1 amide bonds. The van der Waals surface area contributed by atoms with Gasteiger partial charge in [0.1, 0.15) is 23.1 Å². The highest BCUT2D eigenvalue weighted by atomic mass is 16.1. The summed E-state index contributed by atoms with van der Waals surface area (Å²) >= 11 is 0. The second-order valence-electron chi connectivity index (χ2n) is 9.07. The van der Waals surface area contributed by atoms with Crippen LogP contribution < -0.4 is 15.1 Å². The Balaban J connectivity index is 1.36. The van der Waals surface area contributed by atoms with E-state index in [1.165, 1.54) is 0 Å². The van der Waals surface area contributed by atoms with Gasteiger partial charge in [0, 0.05) is 68.8 Å². The van der Waals surface area contributed by atoms with E-state index in [1.54, 1.807) is 37.1 Å². The largest absolute Gasteiger partial charge is 0.356 e. The van der Waals surface area contributed by atoms with Gasteiger partial charge in [-0.05, 0) is 50.5 Å². The van der Waals surface area contributed by atoms with E-state index in [9.17, 15) is 4.79 Å². The quantitative estimate of drug-likeness (QED) is 0.412. The monoisotopic (exact) mass is 497 g/mol. The molecule has 1 saturated heterocycles. The fourth-order valence-corrected chi connectivity index (χ4v) is 4.38. The van der Waals surface area contributed by atoms with E-state index in [0.717, 1.165) is 61.7 Å². The molecule has 10 heteroatoms. The first kappa shape index (κ1) is 24.5. The molecule has 4 aromatic heterocycles. The third-order valence-electron chi connectivity index (χ3n) is 6.65. The SMILES string of the molecule is CCN(CC)c1cncc(-c2cc3cc(NC(=O)c4ccnc(N5CCN(C)CC5)c4)ncc3cn2)n1. The number of nitrogens with one attached hydrogen (secondary N) is 1. The molecule has 1 fully saturated rings. The van der Waals surface area contributed by atoms with Gasteiger partial charge in [0.05, 0.1) is 18.1 Å². The van der Waals surface area contributed by atoms with Crippen molar-refractivity contribution in [2.75, 3.05) is 61.4 Å². The highest BCUT2D eigenvalue weighted by molar-refractivity contribution is 6.05. The summed E-state index contributed by atoms with van der Waals surface area (Å²) in [5.74, 6) is 1.88. The van der Waals surface area contributed by atoms with Crippen LogP contribution in [0.2, 0.25) is 0 Å². The number of amides is 1. The molecule has 1 aliphatic heterocycles. The van der Waals surface area contributed by atoms with E-state index in [-0.39, 0.29) is 5.91 Å². The lowest BCUT2D eigenvalue weighted by Crippen LogP contribution is -2.44. The number of hydrogen-bond donors (Lipinski definition) is 1. The van der Waals surface area contributed by atoms with Crippen molar-refractivity contribution in [3.05, 3.63) is 60.8 Å². The van der Waals surface area contributed by atoms with E-state index in [0.29, 0.717) is 22.8 Å².